The Labute approximate surface area is 177 Å². The van der Waals surface area contributed by atoms with E-state index in [1.54, 1.807) is 25.3 Å². The largest absolute Gasteiger partial charge is 0.495 e. The maximum Gasteiger partial charge on any atom is 0.241 e. The summed E-state index contributed by atoms with van der Waals surface area (Å²) in [6.45, 7) is 5.83. The summed E-state index contributed by atoms with van der Waals surface area (Å²) in [4.78, 5) is 17.1. The lowest BCUT2D eigenvalue weighted by atomic mass is 10.1. The summed E-state index contributed by atoms with van der Waals surface area (Å²) in [5.74, 6) is 0.493. The molecule has 1 unspecified atom stereocenters. The minimum atomic E-state index is -0.311. The molecule has 0 aliphatic carbocycles. The van der Waals surface area contributed by atoms with E-state index in [1.807, 2.05) is 24.9 Å². The zero-order chi connectivity index (χ0) is 20.8. The summed E-state index contributed by atoms with van der Waals surface area (Å²) in [6.07, 6.45) is 0. The fourth-order valence-electron chi connectivity index (χ4n) is 3.35. The van der Waals surface area contributed by atoms with Gasteiger partial charge in [-0.1, -0.05) is 29.8 Å². The summed E-state index contributed by atoms with van der Waals surface area (Å²) in [7, 11) is 3.52. The van der Waals surface area contributed by atoms with Crippen molar-refractivity contribution < 1.29 is 14.3 Å². The van der Waals surface area contributed by atoms with Crippen LogP contribution in [0.5, 0.6) is 5.75 Å². The van der Waals surface area contributed by atoms with Gasteiger partial charge in [0, 0.05) is 31.0 Å². The van der Waals surface area contributed by atoms with Gasteiger partial charge in [-0.3, -0.25) is 9.69 Å². The van der Waals surface area contributed by atoms with Crippen LogP contribution in [0.15, 0.2) is 42.5 Å². The van der Waals surface area contributed by atoms with Gasteiger partial charge < -0.3 is 19.7 Å². The molecule has 0 bridgehead atoms. The van der Waals surface area contributed by atoms with E-state index < -0.39 is 0 Å². The minimum Gasteiger partial charge on any atom is -0.495 e. The highest BCUT2D eigenvalue weighted by Gasteiger charge is 2.21. The van der Waals surface area contributed by atoms with E-state index in [0.717, 1.165) is 26.3 Å². The predicted molar refractivity (Wildman–Crippen MR) is 117 cm³/mol. The van der Waals surface area contributed by atoms with Crippen LogP contribution in [0.25, 0.3) is 0 Å². The number of amides is 1. The van der Waals surface area contributed by atoms with Crippen LogP contribution < -0.4 is 15.0 Å². The average Bonchev–Trinajstić information content (AvgIpc) is 2.74. The highest BCUT2D eigenvalue weighted by Crippen LogP contribution is 2.27. The van der Waals surface area contributed by atoms with Gasteiger partial charge >= 0.3 is 0 Å². The summed E-state index contributed by atoms with van der Waals surface area (Å²) < 4.78 is 10.6. The van der Waals surface area contributed by atoms with Crippen LogP contribution >= 0.6 is 11.6 Å². The molecule has 1 aliphatic rings. The van der Waals surface area contributed by atoms with Crippen molar-refractivity contribution in [1.82, 2.24) is 4.90 Å². The molecule has 156 valence electrons. The van der Waals surface area contributed by atoms with E-state index in [-0.39, 0.29) is 11.9 Å². The van der Waals surface area contributed by atoms with Gasteiger partial charge in [0.2, 0.25) is 5.91 Å². The number of benzene rings is 2. The van der Waals surface area contributed by atoms with Gasteiger partial charge in [-0.05, 0) is 43.8 Å². The normalized spacial score (nSPS) is 15.3. The summed E-state index contributed by atoms with van der Waals surface area (Å²) >= 11 is 6.15. The van der Waals surface area contributed by atoms with Gasteiger partial charge in [0.1, 0.15) is 5.75 Å². The lowest BCUT2D eigenvalue weighted by Crippen LogP contribution is -2.40. The number of ether oxygens (including phenoxy) is 2. The number of morpholine rings is 1. The highest BCUT2D eigenvalue weighted by molar-refractivity contribution is 6.32. The van der Waals surface area contributed by atoms with Crippen LogP contribution in [0.2, 0.25) is 5.02 Å². The quantitative estimate of drug-likeness (QED) is 0.745. The second-order valence-corrected chi connectivity index (χ2v) is 7.56. The van der Waals surface area contributed by atoms with Crippen molar-refractivity contribution in [1.29, 1.82) is 0 Å². The first kappa shape index (κ1) is 21.4. The van der Waals surface area contributed by atoms with E-state index in [0.29, 0.717) is 23.0 Å². The number of carbonyl (C=O) groups is 1. The lowest BCUT2D eigenvalue weighted by molar-refractivity contribution is -0.120. The smallest absolute Gasteiger partial charge is 0.241 e. The number of nitrogens with one attached hydrogen (secondary N) is 1. The van der Waals surface area contributed by atoms with Crippen molar-refractivity contribution in [2.45, 2.75) is 19.5 Å². The number of carbonyl (C=O) groups excluding carboxylic acids is 1. The van der Waals surface area contributed by atoms with E-state index in [1.165, 1.54) is 11.3 Å². The van der Waals surface area contributed by atoms with Crippen LogP contribution in [-0.2, 0) is 16.1 Å². The Morgan fingerprint density at radius 1 is 1.28 bits per heavy atom. The Bertz CT molecular complexity index is 840. The van der Waals surface area contributed by atoms with E-state index >= 15 is 0 Å². The first-order valence-corrected chi connectivity index (χ1v) is 10.1. The van der Waals surface area contributed by atoms with Gasteiger partial charge in [-0.2, -0.15) is 0 Å². The molecule has 2 aromatic rings. The molecule has 6 nitrogen and oxygen atoms in total. The van der Waals surface area contributed by atoms with E-state index in [2.05, 4.69) is 28.4 Å². The lowest BCUT2D eigenvalue weighted by Gasteiger charge is -2.32. The molecular formula is C22H28ClN3O3. The first-order chi connectivity index (χ1) is 14.0. The molecule has 1 amide bonds. The first-order valence-electron chi connectivity index (χ1n) is 9.75. The third-order valence-electron chi connectivity index (χ3n) is 5.22. The van der Waals surface area contributed by atoms with Crippen molar-refractivity contribution in [3.05, 3.63) is 53.1 Å². The summed E-state index contributed by atoms with van der Waals surface area (Å²) in [5, 5.41) is 3.39. The molecule has 1 saturated heterocycles. The molecular weight excluding hydrogens is 390 g/mol. The van der Waals surface area contributed by atoms with Gasteiger partial charge in [0.05, 0.1) is 31.4 Å². The van der Waals surface area contributed by atoms with E-state index in [9.17, 15) is 4.79 Å². The van der Waals surface area contributed by atoms with Crippen LogP contribution in [0.3, 0.4) is 0 Å². The monoisotopic (exact) mass is 417 g/mol. The molecule has 0 aromatic heterocycles. The van der Waals surface area contributed by atoms with Crippen molar-refractivity contribution in [3.8, 4) is 5.75 Å². The summed E-state index contributed by atoms with van der Waals surface area (Å²) in [6, 6.07) is 13.3. The van der Waals surface area contributed by atoms with Gasteiger partial charge in [0.25, 0.3) is 0 Å². The second kappa shape index (κ2) is 9.96. The molecule has 1 fully saturated rings. The molecule has 0 saturated carbocycles. The number of hydrogen-bond acceptors (Lipinski definition) is 5. The molecule has 2 aromatic carbocycles. The minimum absolute atomic E-state index is 0.0856. The third-order valence-corrected chi connectivity index (χ3v) is 5.52. The highest BCUT2D eigenvalue weighted by atomic mass is 35.5. The third kappa shape index (κ3) is 5.41. The molecule has 1 aliphatic heterocycles. The van der Waals surface area contributed by atoms with E-state index in [4.69, 9.17) is 21.1 Å². The molecule has 0 radical (unpaired) electrons. The van der Waals surface area contributed by atoms with Crippen molar-refractivity contribution in [2.75, 3.05) is 50.7 Å². The number of hydrogen-bond donors (Lipinski definition) is 1. The molecule has 7 heteroatoms. The molecule has 1 atom stereocenters. The maximum atomic E-state index is 12.7. The summed E-state index contributed by atoms with van der Waals surface area (Å²) in [5.41, 5.74) is 3.05. The van der Waals surface area contributed by atoms with Crippen LogP contribution in [-0.4, -0.2) is 57.3 Å². The molecule has 29 heavy (non-hydrogen) atoms. The number of para-hydroxylation sites is 1. The molecule has 1 heterocycles. The number of nitrogens with zero attached hydrogens (tertiary/aromatic N) is 2. The van der Waals surface area contributed by atoms with Gasteiger partial charge in [0.15, 0.2) is 0 Å². The Morgan fingerprint density at radius 3 is 2.69 bits per heavy atom. The fraction of sp³-hybridized carbons (Fsp3) is 0.409. The standard InChI is InChI=1S/C22H28ClN3O3/c1-16(22(27)24-18-8-9-21(28-3)19(23)14-18)25(2)15-17-6-4-5-7-20(17)26-10-12-29-13-11-26/h4-9,14,16H,10-13,15H2,1-3H3,(H,24,27). The topological polar surface area (TPSA) is 54.0 Å². The van der Waals surface area contributed by atoms with Crippen molar-refractivity contribution >= 4 is 28.9 Å². The fourth-order valence-corrected chi connectivity index (χ4v) is 3.61. The molecule has 0 spiro atoms. The van der Waals surface area contributed by atoms with Gasteiger partial charge in [-0.15, -0.1) is 0 Å². The van der Waals surface area contributed by atoms with Crippen molar-refractivity contribution in [2.24, 2.45) is 0 Å². The average molecular weight is 418 g/mol. The number of halogens is 1. The Kier molecular flexibility index (Phi) is 7.36. The predicted octanol–water partition coefficient (Wildman–Crippen LogP) is 3.64. The Hall–Kier alpha value is -2.28. The Balaban J connectivity index is 1.65. The maximum absolute atomic E-state index is 12.7. The SMILES string of the molecule is COc1ccc(NC(=O)C(C)N(C)Cc2ccccc2N2CCOCC2)cc1Cl. The van der Waals surface area contributed by atoms with Crippen LogP contribution in [0.1, 0.15) is 12.5 Å². The zero-order valence-electron chi connectivity index (χ0n) is 17.2. The second-order valence-electron chi connectivity index (χ2n) is 7.16. The van der Waals surface area contributed by atoms with Crippen molar-refractivity contribution in [3.63, 3.8) is 0 Å². The zero-order valence-corrected chi connectivity index (χ0v) is 17.9. The van der Waals surface area contributed by atoms with Crippen LogP contribution in [0.4, 0.5) is 11.4 Å². The number of methoxy groups -OCH3 is 1. The number of likely N-dealkylation sites (N-methyl/N-ethyl adjacent to an activating group) is 1. The number of anilines is 2. The molecule has 3 rings (SSSR count). The number of rotatable bonds is 7. The molecule has 1 N–H and O–H groups in total. The van der Waals surface area contributed by atoms with Gasteiger partial charge in [-0.25, -0.2) is 0 Å². The Morgan fingerprint density at radius 2 is 2.00 bits per heavy atom. The van der Waals surface area contributed by atoms with Crippen LogP contribution in [0, 0.1) is 0 Å².